The summed E-state index contributed by atoms with van der Waals surface area (Å²) >= 11 is 5.54. The summed E-state index contributed by atoms with van der Waals surface area (Å²) in [6.45, 7) is 1.86. The van der Waals surface area contributed by atoms with Crippen molar-refractivity contribution in [2.24, 2.45) is 4.99 Å². The Bertz CT molecular complexity index is 511. The number of benzene rings is 1. The topological polar surface area (TPSA) is 58.5 Å². The normalized spacial score (nSPS) is 19.9. The van der Waals surface area contributed by atoms with Crippen LogP contribution in [-0.4, -0.2) is 23.5 Å². The van der Waals surface area contributed by atoms with Gasteiger partial charge in [0.15, 0.2) is 0 Å². The standard InChI is InChI=1S/C12H11ClN2O2/c1-7-4-2-3-5-8(7)10-11(16)14-9(6-13)15-12(10)17/h2-5,10H,6H2,1H3,(H,14,15,16,17). The lowest BCUT2D eigenvalue weighted by Gasteiger charge is -2.20. The summed E-state index contributed by atoms with van der Waals surface area (Å²) in [5.74, 6) is -1.44. The molecule has 0 bridgehead atoms. The SMILES string of the molecule is Cc1ccccc1C1C(=O)N=C(CCl)NC1=O. The number of amides is 2. The molecule has 0 radical (unpaired) electrons. The first kappa shape index (κ1) is 11.8. The Morgan fingerprint density at radius 3 is 2.65 bits per heavy atom. The second-order valence-corrected chi connectivity index (χ2v) is 4.08. The third-order valence-electron chi connectivity index (χ3n) is 2.65. The third-order valence-corrected chi connectivity index (χ3v) is 2.90. The van der Waals surface area contributed by atoms with Crippen molar-refractivity contribution in [2.45, 2.75) is 12.8 Å². The molecule has 0 saturated heterocycles. The van der Waals surface area contributed by atoms with Crippen molar-refractivity contribution in [2.75, 3.05) is 5.88 Å². The van der Waals surface area contributed by atoms with Gasteiger partial charge in [-0.05, 0) is 18.1 Å². The van der Waals surface area contributed by atoms with Crippen LogP contribution < -0.4 is 5.32 Å². The van der Waals surface area contributed by atoms with E-state index in [0.29, 0.717) is 5.56 Å². The van der Waals surface area contributed by atoms with Crippen molar-refractivity contribution < 1.29 is 9.59 Å². The number of rotatable bonds is 2. The molecule has 1 N–H and O–H groups in total. The van der Waals surface area contributed by atoms with Gasteiger partial charge in [0.25, 0.3) is 5.91 Å². The fourth-order valence-electron chi connectivity index (χ4n) is 1.80. The fraction of sp³-hybridized carbons (Fsp3) is 0.250. The molecule has 0 aromatic heterocycles. The minimum atomic E-state index is -0.858. The Balaban J connectivity index is 2.41. The van der Waals surface area contributed by atoms with Crippen LogP contribution in [0, 0.1) is 6.92 Å². The average molecular weight is 251 g/mol. The van der Waals surface area contributed by atoms with Gasteiger partial charge in [0.2, 0.25) is 5.91 Å². The number of aliphatic imine (C=N–C) groups is 1. The highest BCUT2D eigenvalue weighted by atomic mass is 35.5. The number of hydrogen-bond donors (Lipinski definition) is 1. The summed E-state index contributed by atoms with van der Waals surface area (Å²) in [5, 5.41) is 2.53. The van der Waals surface area contributed by atoms with Crippen molar-refractivity contribution in [3.05, 3.63) is 35.4 Å². The van der Waals surface area contributed by atoms with Gasteiger partial charge in [0.05, 0.1) is 5.88 Å². The zero-order valence-corrected chi connectivity index (χ0v) is 9.99. The van der Waals surface area contributed by atoms with Crippen molar-refractivity contribution in [3.63, 3.8) is 0 Å². The first-order chi connectivity index (χ1) is 8.13. The molecule has 1 heterocycles. The Morgan fingerprint density at radius 2 is 2.06 bits per heavy atom. The van der Waals surface area contributed by atoms with Crippen LogP contribution in [0.2, 0.25) is 0 Å². The molecule has 17 heavy (non-hydrogen) atoms. The Morgan fingerprint density at radius 1 is 1.35 bits per heavy atom. The van der Waals surface area contributed by atoms with E-state index in [0.717, 1.165) is 5.56 Å². The van der Waals surface area contributed by atoms with Gasteiger partial charge in [-0.15, -0.1) is 11.6 Å². The predicted octanol–water partition coefficient (Wildman–Crippen LogP) is 1.37. The zero-order chi connectivity index (χ0) is 12.4. The minimum absolute atomic E-state index is 0.0258. The zero-order valence-electron chi connectivity index (χ0n) is 9.24. The predicted molar refractivity (Wildman–Crippen MR) is 65.2 cm³/mol. The maximum Gasteiger partial charge on any atom is 0.264 e. The van der Waals surface area contributed by atoms with Crippen LogP contribution in [0.5, 0.6) is 0 Å². The molecule has 5 heteroatoms. The van der Waals surface area contributed by atoms with E-state index in [1.54, 1.807) is 12.1 Å². The molecular weight excluding hydrogens is 240 g/mol. The average Bonchev–Trinajstić information content (AvgIpc) is 2.30. The summed E-state index contributed by atoms with van der Waals surface area (Å²) in [6, 6.07) is 7.27. The van der Waals surface area contributed by atoms with Gasteiger partial charge in [-0.25, -0.2) is 0 Å². The van der Waals surface area contributed by atoms with E-state index in [-0.39, 0.29) is 17.6 Å². The van der Waals surface area contributed by atoms with E-state index in [2.05, 4.69) is 10.3 Å². The number of nitrogens with zero attached hydrogens (tertiary/aromatic N) is 1. The molecule has 1 aliphatic rings. The highest BCUT2D eigenvalue weighted by Crippen LogP contribution is 2.23. The van der Waals surface area contributed by atoms with Crippen molar-refractivity contribution in [3.8, 4) is 0 Å². The Hall–Kier alpha value is -1.68. The molecule has 0 fully saturated rings. The molecule has 0 spiro atoms. The van der Waals surface area contributed by atoms with Gasteiger partial charge in [-0.2, -0.15) is 4.99 Å². The molecule has 0 saturated carbocycles. The van der Waals surface area contributed by atoms with Crippen LogP contribution in [-0.2, 0) is 9.59 Å². The molecule has 88 valence electrons. The number of aryl methyl sites for hydroxylation is 1. The van der Waals surface area contributed by atoms with E-state index >= 15 is 0 Å². The summed E-state index contributed by atoms with van der Waals surface area (Å²) in [5.41, 5.74) is 1.58. The largest absolute Gasteiger partial charge is 0.312 e. The van der Waals surface area contributed by atoms with Gasteiger partial charge in [0, 0.05) is 0 Å². The molecule has 1 aromatic carbocycles. The summed E-state index contributed by atoms with van der Waals surface area (Å²) in [4.78, 5) is 27.4. The van der Waals surface area contributed by atoms with Crippen LogP contribution in [0.15, 0.2) is 29.3 Å². The quantitative estimate of drug-likeness (QED) is 0.637. The third kappa shape index (κ3) is 2.22. The molecule has 4 nitrogen and oxygen atoms in total. The lowest BCUT2D eigenvalue weighted by molar-refractivity contribution is -0.129. The fourth-order valence-corrected chi connectivity index (χ4v) is 1.93. The summed E-state index contributed by atoms with van der Waals surface area (Å²) < 4.78 is 0. The van der Waals surface area contributed by atoms with E-state index in [9.17, 15) is 9.59 Å². The Kier molecular flexibility index (Phi) is 3.24. The maximum absolute atomic E-state index is 11.9. The van der Waals surface area contributed by atoms with Gasteiger partial charge in [-0.3, -0.25) is 9.59 Å². The second kappa shape index (κ2) is 4.67. The van der Waals surface area contributed by atoms with Crippen molar-refractivity contribution in [1.29, 1.82) is 0 Å². The highest BCUT2D eigenvalue weighted by molar-refractivity contribution is 6.32. The van der Waals surface area contributed by atoms with Gasteiger partial charge in [-0.1, -0.05) is 24.3 Å². The molecule has 1 unspecified atom stereocenters. The van der Waals surface area contributed by atoms with Crippen LogP contribution in [0.4, 0.5) is 0 Å². The molecule has 0 aliphatic carbocycles. The van der Waals surface area contributed by atoms with Crippen LogP contribution in [0.3, 0.4) is 0 Å². The smallest absolute Gasteiger partial charge is 0.264 e. The van der Waals surface area contributed by atoms with Crippen LogP contribution >= 0.6 is 11.6 Å². The number of halogens is 1. The lowest BCUT2D eigenvalue weighted by atomic mass is 9.92. The summed E-state index contributed by atoms with van der Waals surface area (Å²) in [6.07, 6.45) is 0. The first-order valence-electron chi connectivity index (χ1n) is 5.17. The molecule has 2 rings (SSSR count). The summed E-state index contributed by atoms with van der Waals surface area (Å²) in [7, 11) is 0. The van der Waals surface area contributed by atoms with E-state index in [4.69, 9.17) is 11.6 Å². The number of carbonyl (C=O) groups excluding carboxylic acids is 2. The number of nitrogens with one attached hydrogen (secondary N) is 1. The van der Waals surface area contributed by atoms with Crippen molar-refractivity contribution >= 4 is 29.3 Å². The highest BCUT2D eigenvalue weighted by Gasteiger charge is 2.33. The van der Waals surface area contributed by atoms with E-state index in [1.807, 2.05) is 19.1 Å². The van der Waals surface area contributed by atoms with Gasteiger partial charge < -0.3 is 5.32 Å². The second-order valence-electron chi connectivity index (χ2n) is 3.81. The minimum Gasteiger partial charge on any atom is -0.312 e. The monoisotopic (exact) mass is 250 g/mol. The van der Waals surface area contributed by atoms with Crippen molar-refractivity contribution in [1.82, 2.24) is 5.32 Å². The van der Waals surface area contributed by atoms with E-state index in [1.165, 1.54) is 0 Å². The molecule has 1 atom stereocenters. The Labute approximate surface area is 104 Å². The number of alkyl halides is 1. The molecule has 1 aromatic rings. The van der Waals surface area contributed by atoms with Crippen LogP contribution in [0.1, 0.15) is 17.0 Å². The molecule has 2 amide bonds. The van der Waals surface area contributed by atoms with Crippen LogP contribution in [0.25, 0.3) is 0 Å². The first-order valence-corrected chi connectivity index (χ1v) is 5.70. The van der Waals surface area contributed by atoms with Gasteiger partial charge >= 0.3 is 0 Å². The number of amidine groups is 1. The molecular formula is C12H11ClN2O2. The number of hydrogen-bond acceptors (Lipinski definition) is 2. The van der Waals surface area contributed by atoms with E-state index < -0.39 is 11.8 Å². The number of carbonyl (C=O) groups is 2. The maximum atomic E-state index is 11.9. The van der Waals surface area contributed by atoms with Gasteiger partial charge in [0.1, 0.15) is 11.8 Å². The molecule has 1 aliphatic heterocycles. The lowest BCUT2D eigenvalue weighted by Crippen LogP contribution is -2.43.